The number of hydrogen-bond acceptors (Lipinski definition) is 4. The fraction of sp³-hybridized carbons (Fsp3) is 0.385. The Kier molecular flexibility index (Phi) is 4.69. The van der Waals surface area contributed by atoms with Gasteiger partial charge in [-0.15, -0.1) is 0 Å². The number of rotatable bonds is 4. The highest BCUT2D eigenvalue weighted by Crippen LogP contribution is 2.15. The molecule has 0 saturated carbocycles. The number of nitrogens with zero attached hydrogens (tertiary/aromatic N) is 1. The summed E-state index contributed by atoms with van der Waals surface area (Å²) < 4.78 is 4.83. The summed E-state index contributed by atoms with van der Waals surface area (Å²) in [7, 11) is 0. The first-order valence-electron chi connectivity index (χ1n) is 5.59. The molecular formula is C13H18N2O2. The maximum absolute atomic E-state index is 11.3. The van der Waals surface area contributed by atoms with Crippen LogP contribution in [-0.4, -0.2) is 18.3 Å². The van der Waals surface area contributed by atoms with E-state index in [1.54, 1.807) is 13.8 Å². The zero-order valence-corrected chi connectivity index (χ0v) is 10.7. The normalized spacial score (nSPS) is 11.2. The Morgan fingerprint density at radius 3 is 2.71 bits per heavy atom. The van der Waals surface area contributed by atoms with Crippen LogP contribution in [0.15, 0.2) is 23.3 Å². The molecule has 0 heterocycles. The molecule has 1 aromatic carbocycles. The summed E-state index contributed by atoms with van der Waals surface area (Å²) in [4.78, 5) is 11.3. The summed E-state index contributed by atoms with van der Waals surface area (Å²) in [6.45, 7) is 7.76. The number of esters is 1. The minimum atomic E-state index is -0.398. The van der Waals surface area contributed by atoms with Crippen LogP contribution in [0.25, 0.3) is 0 Å². The molecule has 17 heavy (non-hydrogen) atoms. The van der Waals surface area contributed by atoms with Crippen LogP contribution in [0.5, 0.6) is 0 Å². The van der Waals surface area contributed by atoms with Gasteiger partial charge in [0.2, 0.25) is 0 Å². The van der Waals surface area contributed by atoms with E-state index in [0.29, 0.717) is 12.3 Å². The molecule has 92 valence electrons. The van der Waals surface area contributed by atoms with Gasteiger partial charge in [0.05, 0.1) is 12.3 Å². The molecule has 1 aromatic rings. The van der Waals surface area contributed by atoms with Gasteiger partial charge in [-0.05, 0) is 39.3 Å². The standard InChI is InChI=1S/C13H18N2O2/c1-5-17-13(16)11(4)14-15-12-7-6-9(2)8-10(12)3/h6-8,15H,5H2,1-4H3/b14-11+. The lowest BCUT2D eigenvalue weighted by atomic mass is 10.1. The Morgan fingerprint density at radius 1 is 1.41 bits per heavy atom. The van der Waals surface area contributed by atoms with E-state index in [1.807, 2.05) is 26.0 Å². The highest BCUT2D eigenvalue weighted by atomic mass is 16.5. The van der Waals surface area contributed by atoms with Crippen molar-refractivity contribution in [3.8, 4) is 0 Å². The van der Waals surface area contributed by atoms with Gasteiger partial charge < -0.3 is 4.74 Å². The Labute approximate surface area is 102 Å². The predicted molar refractivity (Wildman–Crippen MR) is 69.3 cm³/mol. The summed E-state index contributed by atoms with van der Waals surface area (Å²) in [6.07, 6.45) is 0. The number of anilines is 1. The molecule has 0 aromatic heterocycles. The average molecular weight is 234 g/mol. The van der Waals surface area contributed by atoms with E-state index in [-0.39, 0.29) is 0 Å². The molecule has 0 saturated heterocycles. The molecule has 4 nitrogen and oxygen atoms in total. The largest absolute Gasteiger partial charge is 0.461 e. The second-order valence-corrected chi connectivity index (χ2v) is 3.85. The van der Waals surface area contributed by atoms with Gasteiger partial charge in [0, 0.05) is 0 Å². The van der Waals surface area contributed by atoms with Gasteiger partial charge in [0.15, 0.2) is 0 Å². The van der Waals surface area contributed by atoms with Crippen molar-refractivity contribution < 1.29 is 9.53 Å². The van der Waals surface area contributed by atoms with Crippen molar-refractivity contribution in [2.45, 2.75) is 27.7 Å². The predicted octanol–water partition coefficient (Wildman–Crippen LogP) is 2.65. The lowest BCUT2D eigenvalue weighted by Gasteiger charge is -2.07. The second kappa shape index (κ2) is 6.03. The molecular weight excluding hydrogens is 216 g/mol. The van der Waals surface area contributed by atoms with Crippen molar-refractivity contribution in [3.05, 3.63) is 29.3 Å². The highest BCUT2D eigenvalue weighted by Gasteiger charge is 2.06. The van der Waals surface area contributed by atoms with Gasteiger partial charge in [-0.3, -0.25) is 5.43 Å². The average Bonchev–Trinajstić information content (AvgIpc) is 2.27. The van der Waals surface area contributed by atoms with Gasteiger partial charge in [0.1, 0.15) is 5.71 Å². The highest BCUT2D eigenvalue weighted by molar-refractivity contribution is 6.35. The van der Waals surface area contributed by atoms with Gasteiger partial charge in [0.25, 0.3) is 0 Å². The number of benzene rings is 1. The van der Waals surface area contributed by atoms with E-state index >= 15 is 0 Å². The molecule has 0 unspecified atom stereocenters. The molecule has 0 spiro atoms. The maximum Gasteiger partial charge on any atom is 0.354 e. The van der Waals surface area contributed by atoms with Gasteiger partial charge in [-0.2, -0.15) is 5.10 Å². The molecule has 0 amide bonds. The molecule has 0 atom stereocenters. The van der Waals surface area contributed by atoms with E-state index < -0.39 is 5.97 Å². The summed E-state index contributed by atoms with van der Waals surface area (Å²) >= 11 is 0. The van der Waals surface area contributed by atoms with Crippen molar-refractivity contribution in [1.29, 1.82) is 0 Å². The quantitative estimate of drug-likeness (QED) is 0.495. The van der Waals surface area contributed by atoms with Crippen LogP contribution in [0, 0.1) is 13.8 Å². The summed E-state index contributed by atoms with van der Waals surface area (Å²) in [5, 5.41) is 4.00. The fourth-order valence-corrected chi connectivity index (χ4v) is 1.36. The number of carbonyl (C=O) groups is 1. The number of carbonyl (C=O) groups excluding carboxylic acids is 1. The minimum Gasteiger partial charge on any atom is -0.461 e. The number of hydrogen-bond donors (Lipinski definition) is 1. The number of hydrazone groups is 1. The van der Waals surface area contributed by atoms with E-state index in [0.717, 1.165) is 11.3 Å². The first kappa shape index (κ1) is 13.2. The van der Waals surface area contributed by atoms with Crippen LogP contribution < -0.4 is 5.43 Å². The van der Waals surface area contributed by atoms with Crippen molar-refractivity contribution >= 4 is 17.4 Å². The fourth-order valence-electron chi connectivity index (χ4n) is 1.36. The molecule has 0 fully saturated rings. The van der Waals surface area contributed by atoms with Gasteiger partial charge in [-0.1, -0.05) is 17.7 Å². The molecule has 0 bridgehead atoms. The van der Waals surface area contributed by atoms with Gasteiger partial charge in [-0.25, -0.2) is 4.79 Å². The topological polar surface area (TPSA) is 50.7 Å². The Balaban J connectivity index is 2.72. The van der Waals surface area contributed by atoms with E-state index in [1.165, 1.54) is 5.56 Å². The third-order valence-corrected chi connectivity index (χ3v) is 2.30. The van der Waals surface area contributed by atoms with Crippen molar-refractivity contribution in [2.75, 3.05) is 12.0 Å². The van der Waals surface area contributed by atoms with Crippen molar-refractivity contribution in [2.24, 2.45) is 5.10 Å². The Morgan fingerprint density at radius 2 is 2.12 bits per heavy atom. The smallest absolute Gasteiger partial charge is 0.354 e. The first-order valence-corrected chi connectivity index (χ1v) is 5.59. The summed E-state index contributed by atoms with van der Waals surface area (Å²) in [6, 6.07) is 5.98. The van der Waals surface area contributed by atoms with E-state index in [9.17, 15) is 4.79 Å². The summed E-state index contributed by atoms with van der Waals surface area (Å²) in [5.41, 5.74) is 6.35. The minimum absolute atomic E-state index is 0.312. The summed E-state index contributed by atoms with van der Waals surface area (Å²) in [5.74, 6) is -0.398. The molecule has 0 aliphatic heterocycles. The number of nitrogens with one attached hydrogen (secondary N) is 1. The third kappa shape index (κ3) is 3.90. The SMILES string of the molecule is CCOC(=O)/C(C)=N/Nc1ccc(C)cc1C. The van der Waals surface area contributed by atoms with Gasteiger partial charge >= 0.3 is 5.97 Å². The zero-order chi connectivity index (χ0) is 12.8. The Hall–Kier alpha value is -1.84. The van der Waals surface area contributed by atoms with Crippen LogP contribution in [0.3, 0.4) is 0 Å². The van der Waals surface area contributed by atoms with Crippen molar-refractivity contribution in [1.82, 2.24) is 0 Å². The maximum atomic E-state index is 11.3. The molecule has 0 aliphatic rings. The van der Waals surface area contributed by atoms with E-state index in [2.05, 4.69) is 16.6 Å². The molecule has 0 radical (unpaired) electrons. The lowest BCUT2D eigenvalue weighted by molar-refractivity contribution is -0.135. The third-order valence-electron chi connectivity index (χ3n) is 2.30. The zero-order valence-electron chi connectivity index (χ0n) is 10.7. The van der Waals surface area contributed by atoms with E-state index in [4.69, 9.17) is 4.74 Å². The van der Waals surface area contributed by atoms with Crippen LogP contribution in [0.1, 0.15) is 25.0 Å². The van der Waals surface area contributed by atoms with Crippen LogP contribution in [0.4, 0.5) is 5.69 Å². The van der Waals surface area contributed by atoms with Crippen LogP contribution in [-0.2, 0) is 9.53 Å². The van der Waals surface area contributed by atoms with Crippen LogP contribution >= 0.6 is 0 Å². The second-order valence-electron chi connectivity index (χ2n) is 3.85. The molecule has 0 aliphatic carbocycles. The number of ether oxygens (including phenoxy) is 1. The first-order chi connectivity index (χ1) is 8.04. The molecule has 1 rings (SSSR count). The lowest BCUT2D eigenvalue weighted by Crippen LogP contribution is -2.15. The monoisotopic (exact) mass is 234 g/mol. The Bertz CT molecular complexity index is 439. The number of aryl methyl sites for hydroxylation is 2. The van der Waals surface area contributed by atoms with Crippen LogP contribution in [0.2, 0.25) is 0 Å². The van der Waals surface area contributed by atoms with Crippen molar-refractivity contribution in [3.63, 3.8) is 0 Å². The molecule has 4 heteroatoms. The molecule has 1 N–H and O–H groups in total.